The second-order valence-corrected chi connectivity index (χ2v) is 7.43. The predicted octanol–water partition coefficient (Wildman–Crippen LogP) is 3.63. The highest BCUT2D eigenvalue weighted by Gasteiger charge is 2.25. The number of hydrogen-bond acceptors (Lipinski definition) is 3. The van der Waals surface area contributed by atoms with E-state index in [2.05, 4.69) is 28.2 Å². The van der Waals surface area contributed by atoms with Gasteiger partial charge in [-0.3, -0.25) is 4.79 Å². The van der Waals surface area contributed by atoms with Gasteiger partial charge in [0.25, 0.3) is 0 Å². The number of aromatic nitrogens is 2. The number of aromatic amines is 1. The number of nitrogens with one attached hydrogen (secondary N) is 1. The van der Waals surface area contributed by atoms with Gasteiger partial charge in [0.05, 0.1) is 16.3 Å². The van der Waals surface area contributed by atoms with E-state index in [0.29, 0.717) is 6.54 Å². The molecule has 1 amide bonds. The fourth-order valence-electron chi connectivity index (χ4n) is 3.14. The molecular formula is C19H19N3OS. The van der Waals surface area contributed by atoms with Crippen LogP contribution in [-0.4, -0.2) is 32.6 Å². The zero-order valence-electron chi connectivity index (χ0n) is 13.5. The lowest BCUT2D eigenvalue weighted by molar-refractivity contribution is -0.131. The first-order valence-corrected chi connectivity index (χ1v) is 9.05. The Morgan fingerprint density at radius 1 is 1.17 bits per heavy atom. The molecule has 4 nitrogen and oxygen atoms in total. The van der Waals surface area contributed by atoms with Gasteiger partial charge < -0.3 is 9.88 Å². The Kier molecular flexibility index (Phi) is 4.02. The summed E-state index contributed by atoms with van der Waals surface area (Å²) in [5, 5.41) is 0.644. The van der Waals surface area contributed by atoms with Crippen LogP contribution in [0.25, 0.3) is 11.0 Å². The lowest BCUT2D eigenvalue weighted by Crippen LogP contribution is -2.40. The van der Waals surface area contributed by atoms with Crippen LogP contribution in [0, 0.1) is 0 Å². The molecule has 1 aromatic heterocycles. The van der Waals surface area contributed by atoms with E-state index in [0.717, 1.165) is 29.2 Å². The van der Waals surface area contributed by atoms with E-state index in [1.165, 1.54) is 22.9 Å². The minimum absolute atomic E-state index is 0.157. The van der Waals surface area contributed by atoms with Gasteiger partial charge in [0.1, 0.15) is 0 Å². The summed E-state index contributed by atoms with van der Waals surface area (Å²) in [6.07, 6.45) is 0.934. The molecule has 3 aromatic rings. The Labute approximate surface area is 145 Å². The van der Waals surface area contributed by atoms with E-state index in [1.54, 1.807) is 0 Å². The van der Waals surface area contributed by atoms with E-state index in [9.17, 15) is 4.79 Å². The molecule has 24 heavy (non-hydrogen) atoms. The van der Waals surface area contributed by atoms with Gasteiger partial charge in [0.15, 0.2) is 5.16 Å². The minimum atomic E-state index is -0.157. The quantitative estimate of drug-likeness (QED) is 0.743. The third-order valence-corrected chi connectivity index (χ3v) is 5.42. The molecule has 122 valence electrons. The molecule has 1 aliphatic rings. The summed E-state index contributed by atoms with van der Waals surface area (Å²) in [7, 11) is 0. The number of benzene rings is 2. The van der Waals surface area contributed by atoms with Crippen molar-refractivity contribution in [2.24, 2.45) is 0 Å². The molecular weight excluding hydrogens is 318 g/mol. The first-order chi connectivity index (χ1) is 11.7. The fourth-order valence-corrected chi connectivity index (χ4v) is 4.05. The van der Waals surface area contributed by atoms with Crippen LogP contribution in [0.3, 0.4) is 0 Å². The van der Waals surface area contributed by atoms with E-state index < -0.39 is 0 Å². The number of para-hydroxylation sites is 2. The molecule has 0 fully saturated rings. The number of thioether (sulfide) groups is 1. The molecule has 1 unspecified atom stereocenters. The Morgan fingerprint density at radius 2 is 1.92 bits per heavy atom. The zero-order chi connectivity index (χ0) is 16.5. The van der Waals surface area contributed by atoms with Crippen molar-refractivity contribution >= 4 is 28.7 Å². The molecule has 0 radical (unpaired) electrons. The zero-order valence-corrected chi connectivity index (χ0v) is 14.3. The maximum absolute atomic E-state index is 12.8. The predicted molar refractivity (Wildman–Crippen MR) is 97.0 cm³/mol. The van der Waals surface area contributed by atoms with Gasteiger partial charge in [0, 0.05) is 13.1 Å². The minimum Gasteiger partial charge on any atom is -0.337 e. The molecule has 0 aliphatic carbocycles. The third-order valence-electron chi connectivity index (χ3n) is 4.45. The summed E-state index contributed by atoms with van der Waals surface area (Å²) in [6.45, 7) is 3.46. The topological polar surface area (TPSA) is 49.0 Å². The molecule has 1 N–H and O–H groups in total. The van der Waals surface area contributed by atoms with Gasteiger partial charge in [-0.05, 0) is 36.6 Å². The number of amides is 1. The average molecular weight is 337 g/mol. The van der Waals surface area contributed by atoms with Crippen LogP contribution >= 0.6 is 11.8 Å². The molecule has 2 heterocycles. The van der Waals surface area contributed by atoms with Crippen molar-refractivity contribution in [3.05, 3.63) is 59.7 Å². The second-order valence-electron chi connectivity index (χ2n) is 6.10. The number of H-pyrrole nitrogens is 1. The molecule has 4 rings (SSSR count). The van der Waals surface area contributed by atoms with Crippen molar-refractivity contribution in [1.82, 2.24) is 14.9 Å². The van der Waals surface area contributed by atoms with Crippen LogP contribution in [-0.2, 0) is 17.8 Å². The molecule has 1 atom stereocenters. The van der Waals surface area contributed by atoms with E-state index in [4.69, 9.17) is 0 Å². The molecule has 0 saturated heterocycles. The Morgan fingerprint density at radius 3 is 2.75 bits per heavy atom. The average Bonchev–Trinajstić information content (AvgIpc) is 3.02. The van der Waals surface area contributed by atoms with E-state index >= 15 is 0 Å². The lowest BCUT2D eigenvalue weighted by Gasteiger charge is -2.30. The van der Waals surface area contributed by atoms with Gasteiger partial charge in [-0.15, -0.1) is 0 Å². The number of rotatable bonds is 3. The van der Waals surface area contributed by atoms with E-state index in [1.807, 2.05) is 42.2 Å². The first kappa shape index (κ1) is 15.3. The van der Waals surface area contributed by atoms with Gasteiger partial charge in [-0.2, -0.15) is 0 Å². The van der Waals surface area contributed by atoms with Crippen LogP contribution < -0.4 is 0 Å². The number of fused-ring (bicyclic) bond motifs is 2. The Bertz CT molecular complexity index is 856. The number of carbonyl (C=O) groups is 1. The van der Waals surface area contributed by atoms with Crippen LogP contribution in [0.15, 0.2) is 53.7 Å². The smallest absolute Gasteiger partial charge is 0.236 e. The van der Waals surface area contributed by atoms with Crippen LogP contribution in [0.4, 0.5) is 0 Å². The summed E-state index contributed by atoms with van der Waals surface area (Å²) in [6, 6.07) is 16.3. The lowest BCUT2D eigenvalue weighted by atomic mass is 10.00. The fraction of sp³-hybridized carbons (Fsp3) is 0.263. The molecule has 1 aliphatic heterocycles. The summed E-state index contributed by atoms with van der Waals surface area (Å²) in [4.78, 5) is 22.6. The number of hydrogen-bond donors (Lipinski definition) is 1. The highest BCUT2D eigenvalue weighted by molar-refractivity contribution is 8.00. The summed E-state index contributed by atoms with van der Waals surface area (Å²) in [5.41, 5.74) is 4.57. The molecule has 0 saturated carbocycles. The van der Waals surface area contributed by atoms with E-state index in [-0.39, 0.29) is 11.2 Å². The summed E-state index contributed by atoms with van der Waals surface area (Å²) in [5.74, 6) is 0.176. The van der Waals surface area contributed by atoms with Gasteiger partial charge >= 0.3 is 0 Å². The van der Waals surface area contributed by atoms with Crippen molar-refractivity contribution < 1.29 is 4.79 Å². The number of nitrogens with zero attached hydrogens (tertiary/aromatic N) is 2. The maximum atomic E-state index is 12.8. The van der Waals surface area contributed by atoms with Crippen molar-refractivity contribution in [2.45, 2.75) is 30.3 Å². The molecule has 5 heteroatoms. The van der Waals surface area contributed by atoms with Crippen molar-refractivity contribution in [2.75, 3.05) is 6.54 Å². The van der Waals surface area contributed by atoms with Gasteiger partial charge in [-0.1, -0.05) is 48.2 Å². The largest absolute Gasteiger partial charge is 0.337 e. The first-order valence-electron chi connectivity index (χ1n) is 8.18. The van der Waals surface area contributed by atoms with Crippen LogP contribution in [0.5, 0.6) is 0 Å². The molecule has 0 spiro atoms. The third kappa shape index (κ3) is 2.91. The van der Waals surface area contributed by atoms with Crippen LogP contribution in [0.2, 0.25) is 0 Å². The molecule has 0 bridgehead atoms. The number of imidazole rings is 1. The highest BCUT2D eigenvalue weighted by Crippen LogP contribution is 2.26. The van der Waals surface area contributed by atoms with Gasteiger partial charge in [0.2, 0.25) is 5.91 Å². The summed E-state index contributed by atoms with van der Waals surface area (Å²) < 4.78 is 0. The standard InChI is InChI=1S/C19H19N3OS/c1-13(24-19-20-16-8-4-5-9-17(16)21-19)18(23)22-11-10-14-6-2-3-7-15(14)12-22/h2-9,13H,10-12H2,1H3,(H,20,21). The van der Waals surface area contributed by atoms with Gasteiger partial charge in [-0.25, -0.2) is 4.98 Å². The van der Waals surface area contributed by atoms with Crippen LogP contribution in [0.1, 0.15) is 18.1 Å². The number of carbonyl (C=O) groups excluding carboxylic acids is 1. The van der Waals surface area contributed by atoms with Crippen molar-refractivity contribution in [3.63, 3.8) is 0 Å². The SMILES string of the molecule is CC(Sc1nc2ccccc2[nH]1)C(=O)N1CCc2ccccc2C1. The maximum Gasteiger partial charge on any atom is 0.236 e. The Hall–Kier alpha value is -2.27. The highest BCUT2D eigenvalue weighted by atomic mass is 32.2. The van der Waals surface area contributed by atoms with Crippen molar-refractivity contribution in [1.29, 1.82) is 0 Å². The molecule has 2 aromatic carbocycles. The normalized spacial score (nSPS) is 15.3. The summed E-state index contributed by atoms with van der Waals surface area (Å²) >= 11 is 1.49. The monoisotopic (exact) mass is 337 g/mol. The second kappa shape index (κ2) is 6.32. The Balaban J connectivity index is 1.46. The van der Waals surface area contributed by atoms with Crippen molar-refractivity contribution in [3.8, 4) is 0 Å².